The average Bonchev–Trinajstić information content (AvgIpc) is 2.26. The molecule has 1 N–H and O–H groups in total. The van der Waals surface area contributed by atoms with Crippen LogP contribution in [0, 0.1) is 0 Å². The summed E-state index contributed by atoms with van der Waals surface area (Å²) in [6, 6.07) is 10.0. The number of allylic oxidation sites excluding steroid dienone is 2. The number of hydrogen-bond donors (Lipinski definition) is 1. The third-order valence-corrected chi connectivity index (χ3v) is 2.56. The minimum absolute atomic E-state index is 0.204. The van der Waals surface area contributed by atoms with Crippen LogP contribution in [0.3, 0.4) is 0 Å². The van der Waals surface area contributed by atoms with Gasteiger partial charge in [-0.15, -0.1) is 0 Å². The summed E-state index contributed by atoms with van der Waals surface area (Å²) in [5.74, 6) is -0.741. The van der Waals surface area contributed by atoms with Gasteiger partial charge in [-0.2, -0.15) is 0 Å². The Kier molecular flexibility index (Phi) is 4.10. The molecule has 1 aromatic rings. The Hall–Kier alpha value is -1.57. The Labute approximate surface area is 90.3 Å². The molecule has 0 unspecified atom stereocenters. The molecule has 0 saturated heterocycles. The van der Waals surface area contributed by atoms with Gasteiger partial charge < -0.3 is 5.11 Å². The second-order valence-electron chi connectivity index (χ2n) is 3.67. The molecule has 2 nitrogen and oxygen atoms in total. The highest BCUT2D eigenvalue weighted by Gasteiger charge is 2.02. The molecule has 0 aromatic heterocycles. The fourth-order valence-electron chi connectivity index (χ4n) is 1.42. The summed E-state index contributed by atoms with van der Waals surface area (Å²) in [5, 5.41) is 8.59. The van der Waals surface area contributed by atoms with Crippen LogP contribution in [0.5, 0.6) is 0 Å². The van der Waals surface area contributed by atoms with Gasteiger partial charge in [-0.25, -0.2) is 0 Å². The monoisotopic (exact) mass is 204 g/mol. The lowest BCUT2D eigenvalue weighted by atomic mass is 9.99. The molecule has 80 valence electrons. The Bertz CT molecular complexity index is 363. The molecule has 2 heteroatoms. The second-order valence-corrected chi connectivity index (χ2v) is 3.67. The molecule has 0 aliphatic carbocycles. The standard InChI is InChI=1S/C13H16O2/c1-10(8-9-13(14)15)11(2)12-6-4-3-5-7-12/h3-7H,8-9H2,1-2H3,(H,14,15)/b11-10+. The lowest BCUT2D eigenvalue weighted by Crippen LogP contribution is -1.95. The van der Waals surface area contributed by atoms with Crippen LogP contribution < -0.4 is 0 Å². The third-order valence-electron chi connectivity index (χ3n) is 2.56. The van der Waals surface area contributed by atoms with Crippen molar-refractivity contribution in [3.8, 4) is 0 Å². The summed E-state index contributed by atoms with van der Waals surface area (Å²) in [6.45, 7) is 4.03. The maximum absolute atomic E-state index is 10.4. The van der Waals surface area contributed by atoms with Crippen molar-refractivity contribution >= 4 is 11.5 Å². The quantitative estimate of drug-likeness (QED) is 0.816. The van der Waals surface area contributed by atoms with E-state index >= 15 is 0 Å². The molecule has 0 heterocycles. The molecule has 0 saturated carbocycles. The number of aliphatic carboxylic acids is 1. The number of carbonyl (C=O) groups is 1. The predicted molar refractivity (Wildman–Crippen MR) is 61.6 cm³/mol. The Balaban J connectivity index is 2.77. The molecule has 1 rings (SSSR count). The molecule has 0 radical (unpaired) electrons. The molecule has 15 heavy (non-hydrogen) atoms. The van der Waals surface area contributed by atoms with Gasteiger partial charge in [0.2, 0.25) is 0 Å². The van der Waals surface area contributed by atoms with Crippen LogP contribution in [0.4, 0.5) is 0 Å². The maximum Gasteiger partial charge on any atom is 0.303 e. The van der Waals surface area contributed by atoms with Crippen LogP contribution in [0.2, 0.25) is 0 Å². The average molecular weight is 204 g/mol. The normalized spacial score (nSPS) is 12.1. The first-order valence-electron chi connectivity index (χ1n) is 5.05. The molecule has 0 atom stereocenters. The van der Waals surface area contributed by atoms with E-state index in [0.717, 1.165) is 5.57 Å². The van der Waals surface area contributed by atoms with Gasteiger partial charge in [0.15, 0.2) is 0 Å². The third kappa shape index (κ3) is 3.58. The van der Waals surface area contributed by atoms with Gasteiger partial charge in [0.05, 0.1) is 0 Å². The fraction of sp³-hybridized carbons (Fsp3) is 0.308. The Morgan fingerprint density at radius 2 is 1.73 bits per heavy atom. The van der Waals surface area contributed by atoms with Gasteiger partial charge in [-0.05, 0) is 31.4 Å². The molecular weight excluding hydrogens is 188 g/mol. The largest absolute Gasteiger partial charge is 0.481 e. The van der Waals surface area contributed by atoms with E-state index in [0.29, 0.717) is 6.42 Å². The van der Waals surface area contributed by atoms with Crippen molar-refractivity contribution in [2.75, 3.05) is 0 Å². The topological polar surface area (TPSA) is 37.3 Å². The van der Waals surface area contributed by atoms with E-state index in [-0.39, 0.29) is 6.42 Å². The van der Waals surface area contributed by atoms with Crippen molar-refractivity contribution < 1.29 is 9.90 Å². The van der Waals surface area contributed by atoms with Crippen molar-refractivity contribution in [1.82, 2.24) is 0 Å². The van der Waals surface area contributed by atoms with Crippen LogP contribution in [-0.4, -0.2) is 11.1 Å². The van der Waals surface area contributed by atoms with E-state index in [1.165, 1.54) is 11.1 Å². The highest BCUT2D eigenvalue weighted by atomic mass is 16.4. The SMILES string of the molecule is C/C(CCC(=O)O)=C(/C)c1ccccc1. The van der Waals surface area contributed by atoms with Crippen molar-refractivity contribution in [2.45, 2.75) is 26.7 Å². The minimum atomic E-state index is -0.741. The number of benzene rings is 1. The first kappa shape index (κ1) is 11.5. The highest BCUT2D eigenvalue weighted by molar-refractivity contribution is 5.70. The zero-order chi connectivity index (χ0) is 11.3. The van der Waals surface area contributed by atoms with Crippen LogP contribution in [0.15, 0.2) is 35.9 Å². The van der Waals surface area contributed by atoms with Crippen LogP contribution in [0.1, 0.15) is 32.3 Å². The van der Waals surface area contributed by atoms with Crippen molar-refractivity contribution in [1.29, 1.82) is 0 Å². The van der Waals surface area contributed by atoms with E-state index in [1.807, 2.05) is 44.2 Å². The summed E-state index contributed by atoms with van der Waals surface area (Å²) in [4.78, 5) is 10.4. The van der Waals surface area contributed by atoms with E-state index in [2.05, 4.69) is 0 Å². The number of rotatable bonds is 4. The summed E-state index contributed by atoms with van der Waals surface area (Å²) in [6.07, 6.45) is 0.825. The van der Waals surface area contributed by atoms with Gasteiger partial charge in [0.1, 0.15) is 0 Å². The second kappa shape index (κ2) is 5.35. The summed E-state index contributed by atoms with van der Waals surface area (Å²) < 4.78 is 0. The molecule has 0 amide bonds. The van der Waals surface area contributed by atoms with Crippen molar-refractivity contribution in [3.05, 3.63) is 41.5 Å². The van der Waals surface area contributed by atoms with Gasteiger partial charge in [0, 0.05) is 6.42 Å². The zero-order valence-corrected chi connectivity index (χ0v) is 9.16. The Morgan fingerprint density at radius 3 is 2.27 bits per heavy atom. The van der Waals surface area contributed by atoms with E-state index in [1.54, 1.807) is 0 Å². The van der Waals surface area contributed by atoms with Gasteiger partial charge in [-0.1, -0.05) is 35.9 Å². The molecule has 0 bridgehead atoms. The van der Waals surface area contributed by atoms with E-state index < -0.39 is 5.97 Å². The molecule has 0 aliphatic rings. The van der Waals surface area contributed by atoms with Crippen molar-refractivity contribution in [2.24, 2.45) is 0 Å². The molecular formula is C13H16O2. The predicted octanol–water partition coefficient (Wildman–Crippen LogP) is 3.34. The number of hydrogen-bond acceptors (Lipinski definition) is 1. The minimum Gasteiger partial charge on any atom is -0.481 e. The fourth-order valence-corrected chi connectivity index (χ4v) is 1.42. The smallest absolute Gasteiger partial charge is 0.303 e. The summed E-state index contributed by atoms with van der Waals surface area (Å²) in [7, 11) is 0. The highest BCUT2D eigenvalue weighted by Crippen LogP contribution is 2.20. The van der Waals surface area contributed by atoms with Crippen LogP contribution in [0.25, 0.3) is 5.57 Å². The molecule has 0 aliphatic heterocycles. The van der Waals surface area contributed by atoms with Gasteiger partial charge in [-0.3, -0.25) is 4.79 Å². The molecule has 0 spiro atoms. The number of carboxylic acids is 1. The van der Waals surface area contributed by atoms with E-state index in [9.17, 15) is 4.79 Å². The lowest BCUT2D eigenvalue weighted by molar-refractivity contribution is -0.136. The zero-order valence-electron chi connectivity index (χ0n) is 9.16. The summed E-state index contributed by atoms with van der Waals surface area (Å²) >= 11 is 0. The summed E-state index contributed by atoms with van der Waals surface area (Å²) in [5.41, 5.74) is 3.49. The first-order chi connectivity index (χ1) is 7.11. The molecule has 1 aromatic carbocycles. The van der Waals surface area contributed by atoms with Gasteiger partial charge in [0.25, 0.3) is 0 Å². The first-order valence-corrected chi connectivity index (χ1v) is 5.05. The Morgan fingerprint density at radius 1 is 1.13 bits per heavy atom. The number of carboxylic acid groups (broad SMARTS) is 1. The van der Waals surface area contributed by atoms with E-state index in [4.69, 9.17) is 5.11 Å². The lowest BCUT2D eigenvalue weighted by Gasteiger charge is -2.06. The van der Waals surface area contributed by atoms with Crippen LogP contribution >= 0.6 is 0 Å². The van der Waals surface area contributed by atoms with Crippen molar-refractivity contribution in [3.63, 3.8) is 0 Å². The van der Waals surface area contributed by atoms with Crippen LogP contribution in [-0.2, 0) is 4.79 Å². The van der Waals surface area contributed by atoms with Gasteiger partial charge >= 0.3 is 5.97 Å². The molecule has 0 fully saturated rings. The maximum atomic E-state index is 10.4.